The van der Waals surface area contributed by atoms with Crippen LogP contribution < -0.4 is 4.74 Å². The normalized spacial score (nSPS) is 12.1. The molecule has 0 heterocycles. The van der Waals surface area contributed by atoms with Gasteiger partial charge in [-0.05, 0) is 24.1 Å². The summed E-state index contributed by atoms with van der Waals surface area (Å²) in [4.78, 5) is 0. The van der Waals surface area contributed by atoms with Crippen LogP contribution in [0.5, 0.6) is 5.75 Å². The van der Waals surface area contributed by atoms with E-state index in [2.05, 4.69) is 4.74 Å². The molecule has 1 aromatic carbocycles. The minimum absolute atomic E-state index is 0.174. The average Bonchev–Trinajstić information content (AvgIpc) is 2.28. The van der Waals surface area contributed by atoms with Crippen LogP contribution in [0.15, 0.2) is 24.3 Å². The fraction of sp³-hybridized carbons (Fsp3) is 0.333. The molecule has 1 nitrogen and oxygen atoms in total. The first-order chi connectivity index (χ1) is 7.99. The van der Waals surface area contributed by atoms with Crippen molar-refractivity contribution in [3.05, 3.63) is 35.4 Å². The molecule has 0 amide bonds. The zero-order valence-electron chi connectivity index (χ0n) is 9.22. The Labute approximate surface area is 103 Å². The van der Waals surface area contributed by atoms with Crippen molar-refractivity contribution in [2.75, 3.05) is 13.0 Å². The van der Waals surface area contributed by atoms with E-state index < -0.39 is 11.7 Å². The summed E-state index contributed by atoms with van der Waals surface area (Å²) >= 11 is 5.47. The molecule has 0 N–H and O–H groups in total. The summed E-state index contributed by atoms with van der Waals surface area (Å²) in [5, 5.41) is 0. The Bertz CT molecular complexity index is 399. The molecule has 5 heteroatoms. The van der Waals surface area contributed by atoms with E-state index in [1.54, 1.807) is 18.2 Å². The predicted octanol–water partition coefficient (Wildman–Crippen LogP) is 4.36. The zero-order valence-corrected chi connectivity index (χ0v) is 9.98. The third kappa shape index (κ3) is 3.97. The smallest absolute Gasteiger partial charge is 0.419 e. The molecule has 1 aromatic rings. The molecule has 0 saturated carbocycles. The molecular weight excluding hydrogens is 253 g/mol. The first-order valence-electron chi connectivity index (χ1n) is 4.96. The maximum absolute atomic E-state index is 12.7. The Morgan fingerprint density at radius 3 is 2.59 bits per heavy atom. The van der Waals surface area contributed by atoms with Gasteiger partial charge in [0.25, 0.3) is 0 Å². The summed E-state index contributed by atoms with van der Waals surface area (Å²) < 4.78 is 42.7. The molecule has 0 aromatic heterocycles. The largest absolute Gasteiger partial charge is 0.496 e. The highest BCUT2D eigenvalue weighted by atomic mass is 35.5. The molecule has 1 rings (SSSR count). The summed E-state index contributed by atoms with van der Waals surface area (Å²) in [6, 6.07) is 3.94. The van der Waals surface area contributed by atoms with Crippen LogP contribution in [0.3, 0.4) is 0 Å². The van der Waals surface area contributed by atoms with Crippen LogP contribution in [-0.2, 0) is 6.18 Å². The fourth-order valence-electron chi connectivity index (χ4n) is 1.33. The molecule has 0 aliphatic heterocycles. The minimum Gasteiger partial charge on any atom is -0.496 e. The topological polar surface area (TPSA) is 9.23 Å². The van der Waals surface area contributed by atoms with Crippen molar-refractivity contribution < 1.29 is 17.9 Å². The molecule has 0 atom stereocenters. The number of benzene rings is 1. The summed E-state index contributed by atoms with van der Waals surface area (Å²) in [5.74, 6) is 0.269. The number of methoxy groups -OCH3 is 1. The van der Waals surface area contributed by atoms with Gasteiger partial charge in [-0.3, -0.25) is 0 Å². The van der Waals surface area contributed by atoms with Gasteiger partial charge in [-0.15, -0.1) is 11.6 Å². The summed E-state index contributed by atoms with van der Waals surface area (Å²) in [5.41, 5.74) is -0.295. The van der Waals surface area contributed by atoms with Crippen molar-refractivity contribution in [2.45, 2.75) is 12.6 Å². The number of allylic oxidation sites excluding steroid dienone is 1. The molecule has 0 bridgehead atoms. The van der Waals surface area contributed by atoms with Gasteiger partial charge in [0.05, 0.1) is 12.7 Å². The third-order valence-corrected chi connectivity index (χ3v) is 2.33. The number of hydrogen-bond donors (Lipinski definition) is 0. The Kier molecular flexibility index (Phi) is 4.87. The molecule has 0 spiro atoms. The summed E-state index contributed by atoms with van der Waals surface area (Å²) in [6.07, 6.45) is -0.456. The molecule has 0 unspecified atom stereocenters. The average molecular weight is 265 g/mol. The third-order valence-electron chi connectivity index (χ3n) is 2.12. The molecule has 94 valence electrons. The van der Waals surface area contributed by atoms with Gasteiger partial charge < -0.3 is 4.74 Å². The SMILES string of the molecule is COc1ccc(C=CCCCl)cc1C(F)(F)F. The molecule has 0 radical (unpaired) electrons. The maximum Gasteiger partial charge on any atom is 0.419 e. The Balaban J connectivity index is 3.05. The lowest BCUT2D eigenvalue weighted by Gasteiger charge is -2.12. The monoisotopic (exact) mass is 264 g/mol. The predicted molar refractivity (Wildman–Crippen MR) is 62.4 cm³/mol. The lowest BCUT2D eigenvalue weighted by Crippen LogP contribution is -2.07. The van der Waals surface area contributed by atoms with Crippen LogP contribution in [0.2, 0.25) is 0 Å². The molecule has 0 aliphatic carbocycles. The second-order valence-electron chi connectivity index (χ2n) is 3.34. The highest BCUT2D eigenvalue weighted by Crippen LogP contribution is 2.36. The van der Waals surface area contributed by atoms with Crippen LogP contribution in [0, 0.1) is 0 Å². The number of hydrogen-bond acceptors (Lipinski definition) is 1. The van der Waals surface area contributed by atoms with E-state index in [9.17, 15) is 13.2 Å². The van der Waals surface area contributed by atoms with E-state index in [-0.39, 0.29) is 5.75 Å². The van der Waals surface area contributed by atoms with Crippen LogP contribution in [0.1, 0.15) is 17.5 Å². The Morgan fingerprint density at radius 2 is 2.06 bits per heavy atom. The number of rotatable bonds is 4. The maximum atomic E-state index is 12.7. The van der Waals surface area contributed by atoms with E-state index in [4.69, 9.17) is 11.6 Å². The Hall–Kier alpha value is -1.16. The van der Waals surface area contributed by atoms with Crippen molar-refractivity contribution in [1.82, 2.24) is 0 Å². The molecule has 17 heavy (non-hydrogen) atoms. The number of ether oxygens (including phenoxy) is 1. The van der Waals surface area contributed by atoms with E-state index in [1.807, 2.05) is 0 Å². The molecule has 0 saturated heterocycles. The van der Waals surface area contributed by atoms with Gasteiger partial charge >= 0.3 is 6.18 Å². The quantitative estimate of drug-likeness (QED) is 0.735. The van der Waals surface area contributed by atoms with Crippen molar-refractivity contribution in [1.29, 1.82) is 0 Å². The highest BCUT2D eigenvalue weighted by Gasteiger charge is 2.34. The van der Waals surface area contributed by atoms with E-state index in [0.717, 1.165) is 6.07 Å². The lowest BCUT2D eigenvalue weighted by molar-refractivity contribution is -0.138. The van der Waals surface area contributed by atoms with Gasteiger partial charge in [0.15, 0.2) is 0 Å². The summed E-state index contributed by atoms with van der Waals surface area (Å²) in [7, 11) is 1.22. The highest BCUT2D eigenvalue weighted by molar-refractivity contribution is 6.17. The van der Waals surface area contributed by atoms with Crippen molar-refractivity contribution in [3.63, 3.8) is 0 Å². The van der Waals surface area contributed by atoms with E-state index >= 15 is 0 Å². The summed E-state index contributed by atoms with van der Waals surface area (Å²) in [6.45, 7) is 0. The fourth-order valence-corrected chi connectivity index (χ4v) is 1.46. The zero-order chi connectivity index (χ0) is 12.9. The number of halogens is 4. The standard InChI is InChI=1S/C12H12ClF3O/c1-17-11-6-5-9(4-2-3-7-13)8-10(11)12(14,15)16/h2,4-6,8H,3,7H2,1H3. The lowest BCUT2D eigenvalue weighted by atomic mass is 10.1. The van der Waals surface area contributed by atoms with E-state index in [0.29, 0.717) is 17.9 Å². The van der Waals surface area contributed by atoms with Crippen LogP contribution in [0.4, 0.5) is 13.2 Å². The van der Waals surface area contributed by atoms with Crippen molar-refractivity contribution in [3.8, 4) is 5.75 Å². The van der Waals surface area contributed by atoms with Gasteiger partial charge in [-0.2, -0.15) is 13.2 Å². The number of alkyl halides is 4. The van der Waals surface area contributed by atoms with Crippen molar-refractivity contribution in [2.24, 2.45) is 0 Å². The first-order valence-corrected chi connectivity index (χ1v) is 5.50. The molecule has 0 fully saturated rings. The first kappa shape index (κ1) is 13.9. The minimum atomic E-state index is -4.42. The van der Waals surface area contributed by atoms with Crippen molar-refractivity contribution >= 4 is 17.7 Å². The van der Waals surface area contributed by atoms with Gasteiger partial charge in [-0.1, -0.05) is 18.2 Å². The van der Waals surface area contributed by atoms with Gasteiger partial charge in [0.1, 0.15) is 5.75 Å². The second-order valence-corrected chi connectivity index (χ2v) is 3.72. The van der Waals surface area contributed by atoms with E-state index in [1.165, 1.54) is 13.2 Å². The second kappa shape index (κ2) is 5.96. The van der Waals surface area contributed by atoms with Crippen LogP contribution in [0.25, 0.3) is 6.08 Å². The van der Waals surface area contributed by atoms with Gasteiger partial charge in [0.2, 0.25) is 0 Å². The van der Waals surface area contributed by atoms with Gasteiger partial charge in [-0.25, -0.2) is 0 Å². The van der Waals surface area contributed by atoms with Crippen LogP contribution >= 0.6 is 11.6 Å². The molecular formula is C12H12ClF3O. The molecule has 0 aliphatic rings. The Morgan fingerprint density at radius 1 is 1.35 bits per heavy atom. The van der Waals surface area contributed by atoms with Crippen LogP contribution in [-0.4, -0.2) is 13.0 Å². The van der Waals surface area contributed by atoms with Gasteiger partial charge in [0, 0.05) is 5.88 Å².